The highest BCUT2D eigenvalue weighted by Crippen LogP contribution is 2.31. The predicted molar refractivity (Wildman–Crippen MR) is 112 cm³/mol. The molecule has 0 saturated carbocycles. The van der Waals surface area contributed by atoms with Crippen molar-refractivity contribution < 1.29 is 17.9 Å². The molecule has 7 nitrogen and oxygen atoms in total. The highest BCUT2D eigenvalue weighted by Gasteiger charge is 2.30. The lowest BCUT2D eigenvalue weighted by molar-refractivity contribution is -0.137. The maximum atomic E-state index is 13.2. The van der Waals surface area contributed by atoms with Gasteiger partial charge in [-0.2, -0.15) is 18.2 Å². The van der Waals surface area contributed by atoms with Gasteiger partial charge in [-0.3, -0.25) is 18.5 Å². The van der Waals surface area contributed by atoms with Crippen LogP contribution in [0.25, 0.3) is 11.2 Å². The van der Waals surface area contributed by atoms with E-state index in [1.54, 1.807) is 24.3 Å². The van der Waals surface area contributed by atoms with Gasteiger partial charge in [0, 0.05) is 19.1 Å². The van der Waals surface area contributed by atoms with Gasteiger partial charge in [0.15, 0.2) is 11.2 Å². The number of hydrogen-bond acceptors (Lipinski definition) is 4. The van der Waals surface area contributed by atoms with E-state index in [9.17, 15) is 22.8 Å². The zero-order valence-electron chi connectivity index (χ0n) is 16.9. The summed E-state index contributed by atoms with van der Waals surface area (Å²) in [7, 11) is 2.75. The Balaban J connectivity index is 1.91. The van der Waals surface area contributed by atoms with Gasteiger partial charge >= 0.3 is 17.9 Å². The summed E-state index contributed by atoms with van der Waals surface area (Å²) in [6.07, 6.45) is -4.52. The van der Waals surface area contributed by atoms with Crippen molar-refractivity contribution in [2.75, 3.05) is 0 Å². The van der Waals surface area contributed by atoms with E-state index in [0.717, 1.165) is 16.7 Å². The first-order chi connectivity index (χ1) is 15.1. The number of hydrogen-bond donors (Lipinski definition) is 0. The quantitative estimate of drug-likeness (QED) is 0.458. The number of aromatic nitrogens is 4. The molecule has 2 aromatic heterocycles. The van der Waals surface area contributed by atoms with Gasteiger partial charge < -0.3 is 4.74 Å². The maximum absolute atomic E-state index is 13.2. The molecular weight excluding hydrogens is 449 g/mol. The zero-order valence-corrected chi connectivity index (χ0v) is 17.6. The van der Waals surface area contributed by atoms with Crippen LogP contribution in [0.2, 0.25) is 5.02 Å². The molecule has 166 valence electrons. The van der Waals surface area contributed by atoms with Gasteiger partial charge in [0.2, 0.25) is 0 Å². The summed E-state index contributed by atoms with van der Waals surface area (Å²) in [5, 5.41) is 0.478. The standard InChI is InChI=1S/C21H16ClF3N4O3/c1-27-17-16(18(30)28(2)20(27)31)29(11-12-4-3-5-13(10-12)21(23,24)25)19(26-17)32-15-8-6-14(22)7-9-15/h3-10H,11H2,1-2H3. The molecule has 0 radical (unpaired) electrons. The maximum Gasteiger partial charge on any atom is 0.416 e. The average Bonchev–Trinajstić information content (AvgIpc) is 3.10. The Labute approximate surface area is 183 Å². The second-order valence-corrected chi connectivity index (χ2v) is 7.55. The summed E-state index contributed by atoms with van der Waals surface area (Å²) in [4.78, 5) is 29.5. The van der Waals surface area contributed by atoms with Crippen molar-refractivity contribution in [3.05, 3.63) is 85.5 Å². The second-order valence-electron chi connectivity index (χ2n) is 7.11. The minimum atomic E-state index is -4.52. The third-order valence-corrected chi connectivity index (χ3v) is 5.18. The molecule has 0 fully saturated rings. The van der Waals surface area contributed by atoms with Gasteiger partial charge in [0.1, 0.15) is 5.75 Å². The molecule has 0 N–H and O–H groups in total. The lowest BCUT2D eigenvalue weighted by Gasteiger charge is -2.12. The molecule has 0 saturated heterocycles. The highest BCUT2D eigenvalue weighted by atomic mass is 35.5. The molecule has 11 heteroatoms. The molecule has 0 spiro atoms. The van der Waals surface area contributed by atoms with Crippen LogP contribution < -0.4 is 16.0 Å². The van der Waals surface area contributed by atoms with E-state index in [4.69, 9.17) is 16.3 Å². The van der Waals surface area contributed by atoms with Crippen molar-refractivity contribution in [1.82, 2.24) is 18.7 Å². The Kier molecular flexibility index (Phi) is 5.33. The number of aryl methyl sites for hydroxylation is 1. The molecule has 0 aliphatic carbocycles. The Bertz CT molecular complexity index is 1440. The lowest BCUT2D eigenvalue weighted by Crippen LogP contribution is -2.37. The fourth-order valence-electron chi connectivity index (χ4n) is 3.29. The molecule has 4 rings (SSSR count). The third kappa shape index (κ3) is 3.89. The molecule has 0 bridgehead atoms. The lowest BCUT2D eigenvalue weighted by atomic mass is 10.1. The number of alkyl halides is 3. The minimum absolute atomic E-state index is 0.0241. The summed E-state index contributed by atoms with van der Waals surface area (Å²) in [5.41, 5.74) is -1.71. The van der Waals surface area contributed by atoms with Crippen LogP contribution in [0.15, 0.2) is 58.1 Å². The number of rotatable bonds is 4. The third-order valence-electron chi connectivity index (χ3n) is 4.93. The number of imidazole rings is 1. The van der Waals surface area contributed by atoms with Crippen molar-refractivity contribution in [2.24, 2.45) is 14.1 Å². The molecule has 0 atom stereocenters. The van der Waals surface area contributed by atoms with Crippen LogP contribution in [0.4, 0.5) is 13.2 Å². The van der Waals surface area contributed by atoms with Crippen molar-refractivity contribution >= 4 is 22.8 Å². The zero-order chi connectivity index (χ0) is 23.2. The molecule has 32 heavy (non-hydrogen) atoms. The molecule has 0 amide bonds. The number of benzene rings is 2. The SMILES string of the molecule is Cn1c(=O)c2c(nc(Oc3ccc(Cl)cc3)n2Cc2cccc(C(F)(F)F)c2)n(C)c1=O. The molecule has 2 heterocycles. The highest BCUT2D eigenvalue weighted by molar-refractivity contribution is 6.30. The van der Waals surface area contributed by atoms with Crippen molar-refractivity contribution in [3.8, 4) is 11.8 Å². The van der Waals surface area contributed by atoms with Gasteiger partial charge in [-0.15, -0.1) is 0 Å². The molecule has 0 aliphatic heterocycles. The van der Waals surface area contributed by atoms with Crippen LogP contribution in [0.5, 0.6) is 11.8 Å². The number of fused-ring (bicyclic) bond motifs is 1. The van der Waals surface area contributed by atoms with Crippen LogP contribution in [-0.4, -0.2) is 18.7 Å². The van der Waals surface area contributed by atoms with Crippen LogP contribution in [-0.2, 0) is 26.8 Å². The van der Waals surface area contributed by atoms with E-state index in [0.29, 0.717) is 10.8 Å². The summed E-state index contributed by atoms with van der Waals surface area (Å²) in [6, 6.07) is 11.0. The Morgan fingerprint density at radius 1 is 1.03 bits per heavy atom. The summed E-state index contributed by atoms with van der Waals surface area (Å²) in [6.45, 7) is -0.142. The molecule has 0 aliphatic rings. The molecule has 2 aromatic carbocycles. The van der Waals surface area contributed by atoms with E-state index in [1.807, 2.05) is 0 Å². The Morgan fingerprint density at radius 2 is 1.72 bits per heavy atom. The minimum Gasteiger partial charge on any atom is -0.425 e. The van der Waals surface area contributed by atoms with E-state index in [1.165, 1.54) is 35.4 Å². The van der Waals surface area contributed by atoms with E-state index in [-0.39, 0.29) is 29.3 Å². The summed E-state index contributed by atoms with van der Waals surface area (Å²) < 4.78 is 48.7. The molecule has 4 aromatic rings. The fraction of sp³-hybridized carbons (Fsp3) is 0.190. The van der Waals surface area contributed by atoms with E-state index < -0.39 is 23.0 Å². The molecular formula is C21H16ClF3N4O3. The van der Waals surface area contributed by atoms with Crippen molar-refractivity contribution in [1.29, 1.82) is 0 Å². The summed E-state index contributed by atoms with van der Waals surface area (Å²) >= 11 is 5.90. The first-order valence-corrected chi connectivity index (χ1v) is 9.70. The summed E-state index contributed by atoms with van der Waals surface area (Å²) in [5.74, 6) is 0.344. The van der Waals surface area contributed by atoms with Gasteiger partial charge in [-0.1, -0.05) is 23.7 Å². The first-order valence-electron chi connectivity index (χ1n) is 9.32. The first kappa shape index (κ1) is 21.7. The number of ether oxygens (including phenoxy) is 1. The average molecular weight is 465 g/mol. The molecule has 0 unspecified atom stereocenters. The van der Waals surface area contributed by atoms with Gasteiger partial charge in [-0.25, -0.2) is 4.79 Å². The topological polar surface area (TPSA) is 71.1 Å². The monoisotopic (exact) mass is 464 g/mol. The second kappa shape index (κ2) is 7.86. The largest absolute Gasteiger partial charge is 0.425 e. The van der Waals surface area contributed by atoms with E-state index >= 15 is 0 Å². The smallest absolute Gasteiger partial charge is 0.416 e. The van der Waals surface area contributed by atoms with Gasteiger partial charge in [-0.05, 0) is 42.0 Å². The van der Waals surface area contributed by atoms with Crippen molar-refractivity contribution in [3.63, 3.8) is 0 Å². The predicted octanol–water partition coefficient (Wildman–Crippen LogP) is 3.95. The van der Waals surface area contributed by atoms with Crippen LogP contribution in [0.1, 0.15) is 11.1 Å². The number of halogens is 4. The number of nitrogens with zero attached hydrogens (tertiary/aromatic N) is 4. The van der Waals surface area contributed by atoms with Crippen LogP contribution >= 0.6 is 11.6 Å². The Hall–Kier alpha value is -3.53. The van der Waals surface area contributed by atoms with Crippen LogP contribution in [0, 0.1) is 0 Å². The fourth-order valence-corrected chi connectivity index (χ4v) is 3.41. The van der Waals surface area contributed by atoms with Crippen molar-refractivity contribution in [2.45, 2.75) is 12.7 Å². The van der Waals surface area contributed by atoms with Gasteiger partial charge in [0.25, 0.3) is 5.56 Å². The van der Waals surface area contributed by atoms with Crippen LogP contribution in [0.3, 0.4) is 0 Å². The normalized spacial score (nSPS) is 11.8. The Morgan fingerprint density at radius 3 is 2.38 bits per heavy atom. The van der Waals surface area contributed by atoms with E-state index in [2.05, 4.69) is 4.98 Å². The van der Waals surface area contributed by atoms with Gasteiger partial charge in [0.05, 0.1) is 12.1 Å².